The summed E-state index contributed by atoms with van der Waals surface area (Å²) in [4.78, 5) is 47.2. The number of pyridine rings is 1. The van der Waals surface area contributed by atoms with E-state index in [0.717, 1.165) is 10.6 Å². The number of halogens is 3. The Morgan fingerprint density at radius 1 is 1.20 bits per heavy atom. The lowest BCUT2D eigenvalue weighted by atomic mass is 10.0. The number of hydrogen-bond acceptors (Lipinski definition) is 6. The fraction of sp³-hybridized carbons (Fsp3) is 0.318. The topological polar surface area (TPSA) is 109 Å². The molecule has 35 heavy (non-hydrogen) atoms. The molecule has 9 nitrogen and oxygen atoms in total. The summed E-state index contributed by atoms with van der Waals surface area (Å²) in [7, 11) is 0. The Labute approximate surface area is 201 Å². The number of hydrogen-bond donors (Lipinski definition) is 1. The van der Waals surface area contributed by atoms with E-state index in [9.17, 15) is 22.8 Å². The van der Waals surface area contributed by atoms with Gasteiger partial charge < -0.3 is 19.5 Å². The second-order valence-corrected chi connectivity index (χ2v) is 9.06. The molecule has 0 saturated carbocycles. The van der Waals surface area contributed by atoms with Crippen molar-refractivity contribution >= 4 is 29.1 Å². The van der Waals surface area contributed by atoms with E-state index >= 15 is 0 Å². The van der Waals surface area contributed by atoms with Crippen LogP contribution >= 0.6 is 11.3 Å². The number of carbonyl (C=O) groups excluding carboxylic acids is 2. The SMILES string of the molecule is Cc1nc(C(=O)N2C[C@@H]3[C@H](C2)n2cccc2C(=O)N3Cc2cccnc2)cs1.O=C(O)C(F)(F)F. The quantitative estimate of drug-likeness (QED) is 0.584. The Balaban J connectivity index is 0.000000364. The Morgan fingerprint density at radius 2 is 1.91 bits per heavy atom. The van der Waals surface area contributed by atoms with Gasteiger partial charge in [-0.15, -0.1) is 11.3 Å². The van der Waals surface area contributed by atoms with Gasteiger partial charge in [0.2, 0.25) is 0 Å². The highest BCUT2D eigenvalue weighted by molar-refractivity contribution is 7.09. The predicted octanol–water partition coefficient (Wildman–Crippen LogP) is 3.00. The molecule has 1 N–H and O–H groups in total. The average molecular weight is 507 g/mol. The molecule has 0 unspecified atom stereocenters. The number of aromatic nitrogens is 3. The fourth-order valence-electron chi connectivity index (χ4n) is 4.18. The van der Waals surface area contributed by atoms with Crippen molar-refractivity contribution in [3.05, 3.63) is 70.2 Å². The van der Waals surface area contributed by atoms with Crippen molar-refractivity contribution in [1.82, 2.24) is 24.3 Å². The van der Waals surface area contributed by atoms with E-state index in [1.165, 1.54) is 11.3 Å². The summed E-state index contributed by atoms with van der Waals surface area (Å²) in [5.74, 6) is -2.83. The number of amides is 2. The second kappa shape index (κ2) is 9.49. The molecule has 13 heteroatoms. The van der Waals surface area contributed by atoms with Crippen LogP contribution in [0.15, 0.2) is 48.2 Å². The van der Waals surface area contributed by atoms with Gasteiger partial charge in [-0.3, -0.25) is 14.6 Å². The molecule has 3 aromatic rings. The van der Waals surface area contributed by atoms with Gasteiger partial charge in [0.1, 0.15) is 11.4 Å². The highest BCUT2D eigenvalue weighted by Crippen LogP contribution is 2.35. The molecule has 1 fully saturated rings. The van der Waals surface area contributed by atoms with E-state index in [4.69, 9.17) is 9.90 Å². The second-order valence-electron chi connectivity index (χ2n) is 7.99. The van der Waals surface area contributed by atoms with Gasteiger partial charge >= 0.3 is 12.1 Å². The van der Waals surface area contributed by atoms with Crippen LogP contribution < -0.4 is 0 Å². The number of carbonyl (C=O) groups is 3. The van der Waals surface area contributed by atoms with Gasteiger partial charge in [0.25, 0.3) is 11.8 Å². The summed E-state index contributed by atoms with van der Waals surface area (Å²) >= 11 is 1.47. The van der Waals surface area contributed by atoms with Crippen molar-refractivity contribution in [2.24, 2.45) is 0 Å². The van der Waals surface area contributed by atoms with Gasteiger partial charge in [-0.25, -0.2) is 9.78 Å². The summed E-state index contributed by atoms with van der Waals surface area (Å²) in [5, 5.41) is 9.81. The van der Waals surface area contributed by atoms with Crippen LogP contribution in [0.5, 0.6) is 0 Å². The zero-order valence-corrected chi connectivity index (χ0v) is 19.2. The first kappa shape index (κ1) is 24.4. The smallest absolute Gasteiger partial charge is 0.475 e. The molecule has 2 aliphatic rings. The van der Waals surface area contributed by atoms with Crippen LogP contribution in [0.4, 0.5) is 13.2 Å². The molecular weight excluding hydrogens is 487 g/mol. The summed E-state index contributed by atoms with van der Waals surface area (Å²) in [5.41, 5.74) is 2.14. The Hall–Kier alpha value is -3.74. The van der Waals surface area contributed by atoms with Crippen molar-refractivity contribution in [1.29, 1.82) is 0 Å². The first-order chi connectivity index (χ1) is 16.6. The van der Waals surface area contributed by atoms with E-state index < -0.39 is 12.1 Å². The van der Waals surface area contributed by atoms with Gasteiger partial charge in [-0.2, -0.15) is 13.2 Å². The van der Waals surface area contributed by atoms with Crippen LogP contribution in [0.3, 0.4) is 0 Å². The number of thiazole rings is 1. The third-order valence-electron chi connectivity index (χ3n) is 5.72. The monoisotopic (exact) mass is 507 g/mol. The molecule has 2 aliphatic heterocycles. The Morgan fingerprint density at radius 3 is 2.51 bits per heavy atom. The Bertz CT molecular complexity index is 1240. The van der Waals surface area contributed by atoms with Crippen molar-refractivity contribution in [2.75, 3.05) is 13.1 Å². The fourth-order valence-corrected chi connectivity index (χ4v) is 4.76. The molecule has 184 valence electrons. The van der Waals surface area contributed by atoms with Gasteiger partial charge in [0, 0.05) is 43.6 Å². The zero-order valence-electron chi connectivity index (χ0n) is 18.3. The summed E-state index contributed by atoms with van der Waals surface area (Å²) < 4.78 is 33.8. The number of nitrogens with zero attached hydrogens (tertiary/aromatic N) is 5. The van der Waals surface area contributed by atoms with E-state index in [-0.39, 0.29) is 23.9 Å². The first-order valence-corrected chi connectivity index (χ1v) is 11.3. The largest absolute Gasteiger partial charge is 0.490 e. The van der Waals surface area contributed by atoms with Crippen molar-refractivity contribution in [2.45, 2.75) is 31.7 Å². The molecule has 2 amide bonds. The number of carboxylic acid groups (broad SMARTS) is 1. The number of rotatable bonds is 3. The van der Waals surface area contributed by atoms with E-state index in [0.29, 0.717) is 31.0 Å². The van der Waals surface area contributed by atoms with E-state index in [1.807, 2.05) is 51.8 Å². The lowest BCUT2D eigenvalue weighted by molar-refractivity contribution is -0.192. The minimum atomic E-state index is -5.08. The Kier molecular flexibility index (Phi) is 6.61. The summed E-state index contributed by atoms with van der Waals surface area (Å²) in [6.45, 7) is 3.45. The van der Waals surface area contributed by atoms with Crippen LogP contribution in [0.25, 0.3) is 0 Å². The number of alkyl halides is 3. The molecule has 5 rings (SSSR count). The molecule has 0 spiro atoms. The molecular formula is C22H20F3N5O4S. The lowest BCUT2D eigenvalue weighted by Gasteiger charge is -2.38. The van der Waals surface area contributed by atoms with Gasteiger partial charge in [-0.1, -0.05) is 6.07 Å². The average Bonchev–Trinajstić information content (AvgIpc) is 3.55. The highest BCUT2D eigenvalue weighted by atomic mass is 32.1. The maximum atomic E-state index is 13.1. The molecule has 3 aromatic heterocycles. The summed E-state index contributed by atoms with van der Waals surface area (Å²) in [6, 6.07) is 7.56. The van der Waals surface area contributed by atoms with Crippen molar-refractivity contribution < 1.29 is 32.7 Å². The number of likely N-dealkylation sites (tertiary alicyclic amines) is 1. The minimum Gasteiger partial charge on any atom is -0.475 e. The molecule has 1 saturated heterocycles. The number of aliphatic carboxylic acids is 1. The van der Waals surface area contributed by atoms with Crippen molar-refractivity contribution in [3.8, 4) is 0 Å². The molecule has 5 heterocycles. The molecule has 0 bridgehead atoms. The lowest BCUT2D eigenvalue weighted by Crippen LogP contribution is -2.49. The predicted molar refractivity (Wildman–Crippen MR) is 118 cm³/mol. The molecule has 0 radical (unpaired) electrons. The van der Waals surface area contributed by atoms with Crippen LogP contribution in [-0.2, 0) is 11.3 Å². The highest BCUT2D eigenvalue weighted by Gasteiger charge is 2.46. The molecule has 0 aliphatic carbocycles. The number of aryl methyl sites for hydroxylation is 1. The van der Waals surface area contributed by atoms with Crippen LogP contribution in [0, 0.1) is 6.92 Å². The third kappa shape index (κ3) is 5.04. The number of fused-ring (bicyclic) bond motifs is 3. The van der Waals surface area contributed by atoms with Crippen LogP contribution in [0.2, 0.25) is 0 Å². The maximum Gasteiger partial charge on any atom is 0.490 e. The van der Waals surface area contributed by atoms with Crippen LogP contribution in [0.1, 0.15) is 37.6 Å². The third-order valence-corrected chi connectivity index (χ3v) is 6.49. The number of carboxylic acids is 1. The van der Waals surface area contributed by atoms with Crippen molar-refractivity contribution in [3.63, 3.8) is 0 Å². The normalized spacial score (nSPS) is 19.0. The zero-order chi connectivity index (χ0) is 25.3. The van der Waals surface area contributed by atoms with Crippen LogP contribution in [-0.4, -0.2) is 72.5 Å². The maximum absolute atomic E-state index is 13.1. The van der Waals surface area contributed by atoms with E-state index in [2.05, 4.69) is 9.97 Å². The van der Waals surface area contributed by atoms with Gasteiger partial charge in [0.05, 0.1) is 17.1 Å². The molecule has 2 atom stereocenters. The molecule has 0 aromatic carbocycles. The first-order valence-electron chi connectivity index (χ1n) is 10.4. The van der Waals surface area contributed by atoms with Gasteiger partial charge in [0.15, 0.2) is 0 Å². The summed E-state index contributed by atoms with van der Waals surface area (Å²) in [6.07, 6.45) is 0.362. The standard InChI is InChI=1S/C20H19N5O2S.C2HF3O2/c1-13-22-15(12-28-13)19(26)23-10-17-18(11-23)25(9-14-4-2-6-21-8-14)20(27)16-5-3-7-24(16)17;3-2(4,5)1(6)7/h2-8,12,17-18H,9-11H2,1H3;(H,6,7)/t17-,18+;/m0./s1. The minimum absolute atomic E-state index is 0.00564. The van der Waals surface area contributed by atoms with Gasteiger partial charge in [-0.05, 0) is 30.7 Å². The van der Waals surface area contributed by atoms with E-state index in [1.54, 1.807) is 17.8 Å².